The molecule has 1 aliphatic heterocycles. The molecule has 3 amide bonds. The van der Waals surface area contributed by atoms with E-state index in [1.165, 1.54) is 0 Å². The zero-order chi connectivity index (χ0) is 40.1. The summed E-state index contributed by atoms with van der Waals surface area (Å²) in [5, 5.41) is 5.94. The molecule has 304 valence electrons. The molecular formula is C45H62N4O7. The van der Waals surface area contributed by atoms with Gasteiger partial charge in [-0.1, -0.05) is 75.7 Å². The number of anilines is 1. The fourth-order valence-corrected chi connectivity index (χ4v) is 7.48. The Labute approximate surface area is 333 Å². The van der Waals surface area contributed by atoms with Crippen LogP contribution < -0.4 is 20.1 Å². The average molecular weight is 771 g/mol. The molecular weight excluding hydrogens is 709 g/mol. The summed E-state index contributed by atoms with van der Waals surface area (Å²) in [6.07, 6.45) is 3.49. The lowest BCUT2D eigenvalue weighted by atomic mass is 9.91. The van der Waals surface area contributed by atoms with E-state index in [4.69, 9.17) is 18.9 Å². The largest absolute Gasteiger partial charge is 0.493 e. The van der Waals surface area contributed by atoms with E-state index in [0.717, 1.165) is 74.0 Å². The number of likely N-dealkylation sites (tertiary alicyclic amines) is 1. The third-order valence-corrected chi connectivity index (χ3v) is 10.4. The molecule has 2 aliphatic rings. The van der Waals surface area contributed by atoms with Gasteiger partial charge < -0.3 is 39.4 Å². The van der Waals surface area contributed by atoms with Gasteiger partial charge in [-0.3, -0.25) is 4.79 Å². The summed E-state index contributed by atoms with van der Waals surface area (Å²) in [7, 11) is 0. The normalized spacial score (nSPS) is 15.8. The lowest BCUT2D eigenvalue weighted by Gasteiger charge is -2.35. The van der Waals surface area contributed by atoms with Gasteiger partial charge in [0, 0.05) is 31.6 Å². The molecule has 56 heavy (non-hydrogen) atoms. The van der Waals surface area contributed by atoms with Gasteiger partial charge in [0.25, 0.3) is 0 Å². The molecule has 0 bridgehead atoms. The zero-order valence-electron chi connectivity index (χ0n) is 34.2. The predicted octanol–water partition coefficient (Wildman–Crippen LogP) is 8.86. The van der Waals surface area contributed by atoms with Crippen molar-refractivity contribution in [3.8, 4) is 22.6 Å². The molecule has 3 aromatic rings. The highest BCUT2D eigenvalue weighted by molar-refractivity contribution is 5.97. The Morgan fingerprint density at radius 2 is 1.57 bits per heavy atom. The Balaban J connectivity index is 1.31. The molecule has 1 heterocycles. The minimum Gasteiger partial charge on any atom is -0.493 e. The number of fused-ring (bicyclic) bond motifs is 3. The summed E-state index contributed by atoms with van der Waals surface area (Å²) in [4.78, 5) is 44.9. The van der Waals surface area contributed by atoms with E-state index in [2.05, 4.69) is 60.6 Å². The zero-order valence-corrected chi connectivity index (χ0v) is 34.2. The van der Waals surface area contributed by atoms with Crippen molar-refractivity contribution in [2.24, 2.45) is 5.92 Å². The molecule has 11 heteroatoms. The van der Waals surface area contributed by atoms with Crippen molar-refractivity contribution < 1.29 is 33.3 Å². The van der Waals surface area contributed by atoms with Gasteiger partial charge >= 0.3 is 12.2 Å². The fourth-order valence-electron chi connectivity index (χ4n) is 7.48. The maximum atomic E-state index is 14.2. The van der Waals surface area contributed by atoms with Gasteiger partial charge in [-0.05, 0) is 106 Å². The van der Waals surface area contributed by atoms with Crippen LogP contribution in [0.4, 0.5) is 15.3 Å². The number of alkyl carbamates (subject to hydrolysis) is 1. The first kappa shape index (κ1) is 42.4. The van der Waals surface area contributed by atoms with Crippen molar-refractivity contribution in [3.05, 3.63) is 77.9 Å². The Morgan fingerprint density at radius 1 is 0.893 bits per heavy atom. The van der Waals surface area contributed by atoms with Crippen molar-refractivity contribution in [3.63, 3.8) is 0 Å². The summed E-state index contributed by atoms with van der Waals surface area (Å²) in [5.74, 6) is 0.574. The summed E-state index contributed by atoms with van der Waals surface area (Å²) >= 11 is 0. The van der Waals surface area contributed by atoms with Crippen molar-refractivity contribution in [2.45, 2.75) is 97.6 Å². The third-order valence-electron chi connectivity index (χ3n) is 10.4. The van der Waals surface area contributed by atoms with Gasteiger partial charge in [0.15, 0.2) is 0 Å². The topological polar surface area (TPSA) is 119 Å². The van der Waals surface area contributed by atoms with Gasteiger partial charge in [-0.15, -0.1) is 0 Å². The number of hydrogen-bond acceptors (Lipinski definition) is 8. The highest BCUT2D eigenvalue weighted by Crippen LogP contribution is 2.44. The number of rotatable bonds is 18. The summed E-state index contributed by atoms with van der Waals surface area (Å²) in [6, 6.07) is 20.8. The van der Waals surface area contributed by atoms with Gasteiger partial charge in [-0.25, -0.2) is 9.59 Å². The molecule has 2 atom stereocenters. The van der Waals surface area contributed by atoms with E-state index in [1.54, 1.807) is 11.0 Å². The second-order valence-corrected chi connectivity index (χ2v) is 15.8. The van der Waals surface area contributed by atoms with Crippen LogP contribution in [0.1, 0.15) is 97.1 Å². The van der Waals surface area contributed by atoms with Crippen LogP contribution in [0.15, 0.2) is 66.7 Å². The molecule has 0 saturated carbocycles. The number of hydrogen-bond donors (Lipinski definition) is 2. The number of unbranched alkanes of at least 4 members (excludes halogenated alkanes) is 1. The molecule has 1 fully saturated rings. The Hall–Kier alpha value is -4.77. The molecule has 1 saturated heterocycles. The van der Waals surface area contributed by atoms with Crippen molar-refractivity contribution in [1.82, 2.24) is 15.1 Å². The van der Waals surface area contributed by atoms with E-state index in [-0.39, 0.29) is 24.5 Å². The SMILES string of the molecule is CCCCOc1cc(OCCCN(CC)CC)ccc1NC(=O)C(CC1CCCN(C(=O)OC(C)(C)C)C1)NC(=O)OCC1c2ccccc2-c2ccccc21. The van der Waals surface area contributed by atoms with Crippen LogP contribution in [0.5, 0.6) is 11.5 Å². The van der Waals surface area contributed by atoms with Crippen LogP contribution >= 0.6 is 0 Å². The van der Waals surface area contributed by atoms with E-state index in [1.807, 2.05) is 57.2 Å². The second kappa shape index (κ2) is 20.4. The van der Waals surface area contributed by atoms with Crippen LogP contribution in [0.3, 0.4) is 0 Å². The quantitative estimate of drug-likeness (QED) is 0.123. The van der Waals surface area contributed by atoms with Gasteiger partial charge in [0.05, 0.1) is 18.9 Å². The first-order valence-corrected chi connectivity index (χ1v) is 20.5. The minimum atomic E-state index is -0.950. The maximum Gasteiger partial charge on any atom is 0.410 e. The molecule has 0 aromatic heterocycles. The summed E-state index contributed by atoms with van der Waals surface area (Å²) < 4.78 is 23.8. The van der Waals surface area contributed by atoms with Gasteiger partial charge in [0.1, 0.15) is 29.7 Å². The molecule has 3 aromatic carbocycles. The smallest absolute Gasteiger partial charge is 0.410 e. The highest BCUT2D eigenvalue weighted by Gasteiger charge is 2.33. The molecule has 1 aliphatic carbocycles. The van der Waals surface area contributed by atoms with Crippen molar-refractivity contribution in [1.29, 1.82) is 0 Å². The average Bonchev–Trinajstić information content (AvgIpc) is 3.50. The number of nitrogens with zero attached hydrogens (tertiary/aromatic N) is 2. The Morgan fingerprint density at radius 3 is 2.23 bits per heavy atom. The summed E-state index contributed by atoms with van der Waals surface area (Å²) in [6.45, 7) is 17.0. The first-order chi connectivity index (χ1) is 27.0. The second-order valence-electron chi connectivity index (χ2n) is 15.8. The highest BCUT2D eigenvalue weighted by atomic mass is 16.6. The van der Waals surface area contributed by atoms with Crippen LogP contribution in [0.25, 0.3) is 11.1 Å². The standard InChI is InChI=1S/C45H62N4O7/c1-7-10-26-54-41-29-33(53-27-16-24-48(8-2)9-3)22-23-39(41)46-42(50)40(28-32-17-15-25-49(30-32)44(52)56-45(4,5)6)47-43(51)55-31-38-36-20-13-11-18-34(36)35-19-12-14-21-37(35)38/h11-14,18-23,29,32,38,40H,7-10,15-17,24-28,30-31H2,1-6H3,(H,46,50)(H,47,51). The molecule has 2 unspecified atom stereocenters. The van der Waals surface area contributed by atoms with Gasteiger partial charge in [0.2, 0.25) is 5.91 Å². The number of amides is 3. The van der Waals surface area contributed by atoms with Gasteiger partial charge in [-0.2, -0.15) is 0 Å². The van der Waals surface area contributed by atoms with E-state index in [0.29, 0.717) is 49.9 Å². The number of nitrogens with one attached hydrogen (secondary N) is 2. The van der Waals surface area contributed by atoms with E-state index in [9.17, 15) is 14.4 Å². The van der Waals surface area contributed by atoms with E-state index < -0.39 is 23.6 Å². The molecule has 5 rings (SSSR count). The van der Waals surface area contributed by atoms with Crippen LogP contribution in [-0.2, 0) is 14.3 Å². The fraction of sp³-hybridized carbons (Fsp3) is 0.533. The molecule has 2 N–H and O–H groups in total. The lowest BCUT2D eigenvalue weighted by molar-refractivity contribution is -0.118. The number of carbonyl (C=O) groups is 3. The molecule has 0 radical (unpaired) electrons. The monoisotopic (exact) mass is 770 g/mol. The Bertz CT molecular complexity index is 1710. The number of ether oxygens (including phenoxy) is 4. The van der Waals surface area contributed by atoms with E-state index >= 15 is 0 Å². The maximum absolute atomic E-state index is 14.2. The minimum absolute atomic E-state index is 0.0618. The predicted molar refractivity (Wildman–Crippen MR) is 221 cm³/mol. The molecule has 11 nitrogen and oxygen atoms in total. The van der Waals surface area contributed by atoms with Crippen LogP contribution in [0, 0.1) is 5.92 Å². The number of benzene rings is 3. The Kier molecular flexibility index (Phi) is 15.4. The molecule has 0 spiro atoms. The first-order valence-electron chi connectivity index (χ1n) is 20.5. The van der Waals surface area contributed by atoms with Crippen molar-refractivity contribution >= 4 is 23.8 Å². The lowest BCUT2D eigenvalue weighted by Crippen LogP contribution is -2.48. The van der Waals surface area contributed by atoms with Crippen LogP contribution in [0.2, 0.25) is 0 Å². The number of piperidine rings is 1. The summed E-state index contributed by atoms with van der Waals surface area (Å²) in [5.41, 5.74) is 4.34. The van der Waals surface area contributed by atoms with Crippen LogP contribution in [-0.4, -0.2) is 92.1 Å². The van der Waals surface area contributed by atoms with Crippen molar-refractivity contribution in [2.75, 3.05) is 57.9 Å². The third kappa shape index (κ3) is 11.9. The number of carbonyl (C=O) groups excluding carboxylic acids is 3.